The molecule has 0 spiro atoms. The van der Waals surface area contributed by atoms with Crippen molar-refractivity contribution in [3.05, 3.63) is 35.4 Å². The first kappa shape index (κ1) is 17.5. The van der Waals surface area contributed by atoms with Crippen molar-refractivity contribution in [2.45, 2.75) is 70.9 Å². The maximum absolute atomic E-state index is 12.3. The fourth-order valence-corrected chi connectivity index (χ4v) is 3.24. The van der Waals surface area contributed by atoms with Gasteiger partial charge in [0.05, 0.1) is 6.04 Å². The second kappa shape index (κ2) is 8.70. The molecule has 1 aromatic carbocycles. The summed E-state index contributed by atoms with van der Waals surface area (Å²) in [5, 5.41) is 6.17. The number of rotatable bonds is 7. The molecule has 0 saturated carbocycles. The third-order valence-corrected chi connectivity index (χ3v) is 4.48. The summed E-state index contributed by atoms with van der Waals surface area (Å²) in [5.74, 6) is 0.172. The maximum atomic E-state index is 12.3. The number of nitrogens with one attached hydrogen (secondary N) is 2. The fraction of sp³-hybridized carbons (Fsp3) is 0.579. The highest BCUT2D eigenvalue weighted by atomic mass is 16.2. The van der Waals surface area contributed by atoms with E-state index in [1.807, 2.05) is 24.3 Å². The van der Waals surface area contributed by atoms with Crippen LogP contribution in [-0.4, -0.2) is 17.9 Å². The number of hydrogen-bond acceptors (Lipinski definition) is 2. The Morgan fingerprint density at radius 3 is 2.74 bits per heavy atom. The molecule has 4 nitrogen and oxygen atoms in total. The molecule has 1 aromatic rings. The Labute approximate surface area is 139 Å². The zero-order valence-electron chi connectivity index (χ0n) is 14.2. The Morgan fingerprint density at radius 1 is 1.22 bits per heavy atom. The van der Waals surface area contributed by atoms with Crippen molar-refractivity contribution in [2.24, 2.45) is 0 Å². The molecule has 2 unspecified atom stereocenters. The third-order valence-electron chi connectivity index (χ3n) is 4.48. The average Bonchev–Trinajstić information content (AvgIpc) is 2.56. The molecule has 0 aromatic heterocycles. The lowest BCUT2D eigenvalue weighted by Crippen LogP contribution is -2.44. The Bertz CT molecular complexity index is 542. The van der Waals surface area contributed by atoms with Gasteiger partial charge in [-0.3, -0.25) is 4.79 Å². The summed E-state index contributed by atoms with van der Waals surface area (Å²) in [6, 6.07) is 7.64. The molecule has 0 saturated heterocycles. The van der Waals surface area contributed by atoms with Crippen molar-refractivity contribution in [1.82, 2.24) is 10.6 Å². The molecule has 0 radical (unpaired) electrons. The van der Waals surface area contributed by atoms with Crippen molar-refractivity contribution in [3.63, 3.8) is 0 Å². The summed E-state index contributed by atoms with van der Waals surface area (Å²) in [5.41, 5.74) is 1.69. The second-order valence-corrected chi connectivity index (χ2v) is 6.35. The molecule has 4 heteroatoms. The van der Waals surface area contributed by atoms with Gasteiger partial charge in [-0.1, -0.05) is 57.4 Å². The summed E-state index contributed by atoms with van der Waals surface area (Å²) < 4.78 is 0. The van der Waals surface area contributed by atoms with Gasteiger partial charge in [0.2, 0.25) is 0 Å². The highest BCUT2D eigenvalue weighted by Crippen LogP contribution is 2.29. The quantitative estimate of drug-likeness (QED) is 0.785. The lowest BCUT2D eigenvalue weighted by atomic mass is 9.87. The number of carbonyl (C=O) groups is 2. The molecule has 2 amide bonds. The molecule has 2 N–H and O–H groups in total. The highest BCUT2D eigenvalue weighted by Gasteiger charge is 2.26. The van der Waals surface area contributed by atoms with Crippen LogP contribution in [0.4, 0.5) is 4.79 Å². The minimum Gasteiger partial charge on any atom is -0.335 e. The van der Waals surface area contributed by atoms with Crippen LogP contribution in [0.3, 0.4) is 0 Å². The molecule has 23 heavy (non-hydrogen) atoms. The molecule has 2 rings (SSSR count). The van der Waals surface area contributed by atoms with Crippen LogP contribution in [0.2, 0.25) is 0 Å². The summed E-state index contributed by atoms with van der Waals surface area (Å²) in [6.45, 7) is 4.31. The van der Waals surface area contributed by atoms with Crippen LogP contribution in [0.1, 0.15) is 80.8 Å². The Morgan fingerprint density at radius 2 is 2.00 bits per heavy atom. The molecule has 0 bridgehead atoms. The Kier molecular flexibility index (Phi) is 6.63. The molecule has 126 valence electrons. The normalized spacial score (nSPS) is 18.2. The largest absolute Gasteiger partial charge is 0.335 e. The summed E-state index contributed by atoms with van der Waals surface area (Å²) in [4.78, 5) is 24.3. The van der Waals surface area contributed by atoms with E-state index in [1.165, 1.54) is 0 Å². The van der Waals surface area contributed by atoms with Gasteiger partial charge in [0.25, 0.3) is 0 Å². The van der Waals surface area contributed by atoms with E-state index in [1.54, 1.807) is 0 Å². The van der Waals surface area contributed by atoms with Gasteiger partial charge < -0.3 is 10.6 Å². The van der Waals surface area contributed by atoms with Gasteiger partial charge in [0, 0.05) is 18.0 Å². The smallest absolute Gasteiger partial charge is 0.315 e. The lowest BCUT2D eigenvalue weighted by molar-refractivity contribution is 0.0964. The van der Waals surface area contributed by atoms with E-state index in [2.05, 4.69) is 24.5 Å². The van der Waals surface area contributed by atoms with E-state index in [4.69, 9.17) is 0 Å². The first-order valence-electron chi connectivity index (χ1n) is 8.84. The van der Waals surface area contributed by atoms with E-state index < -0.39 is 0 Å². The first-order chi connectivity index (χ1) is 11.2. The summed E-state index contributed by atoms with van der Waals surface area (Å²) in [7, 11) is 0. The van der Waals surface area contributed by atoms with E-state index >= 15 is 0 Å². The predicted molar refractivity (Wildman–Crippen MR) is 92.6 cm³/mol. The number of hydrogen-bond donors (Lipinski definition) is 2. The second-order valence-electron chi connectivity index (χ2n) is 6.35. The number of benzene rings is 1. The average molecular weight is 316 g/mol. The molecule has 0 heterocycles. The molecule has 0 fully saturated rings. The van der Waals surface area contributed by atoms with Crippen LogP contribution < -0.4 is 10.6 Å². The first-order valence-corrected chi connectivity index (χ1v) is 8.84. The topological polar surface area (TPSA) is 58.2 Å². The molecule has 0 aliphatic heterocycles. The van der Waals surface area contributed by atoms with Crippen LogP contribution in [-0.2, 0) is 0 Å². The predicted octanol–water partition coefficient (Wildman–Crippen LogP) is 4.36. The lowest BCUT2D eigenvalue weighted by Gasteiger charge is -2.27. The van der Waals surface area contributed by atoms with Crippen molar-refractivity contribution >= 4 is 11.8 Å². The highest BCUT2D eigenvalue weighted by molar-refractivity contribution is 5.99. The van der Waals surface area contributed by atoms with Gasteiger partial charge in [-0.25, -0.2) is 4.79 Å². The van der Waals surface area contributed by atoms with Gasteiger partial charge in [0.1, 0.15) is 0 Å². The fourth-order valence-electron chi connectivity index (χ4n) is 3.24. The molecule has 1 aliphatic rings. The molecule has 2 atom stereocenters. The number of fused-ring (bicyclic) bond motifs is 1. The van der Waals surface area contributed by atoms with Crippen LogP contribution in [0, 0.1) is 0 Å². The molecular formula is C19H28N2O2. The molecule has 1 aliphatic carbocycles. The zero-order valence-corrected chi connectivity index (χ0v) is 14.2. The number of Topliss-reactive ketones (excluding diaryl/α,β-unsaturated/α-hetero) is 1. The van der Waals surface area contributed by atoms with Gasteiger partial charge in [-0.15, -0.1) is 0 Å². The maximum Gasteiger partial charge on any atom is 0.315 e. The van der Waals surface area contributed by atoms with Crippen molar-refractivity contribution < 1.29 is 9.59 Å². The minimum atomic E-state index is -0.117. The van der Waals surface area contributed by atoms with E-state index in [9.17, 15) is 9.59 Å². The van der Waals surface area contributed by atoms with Gasteiger partial charge >= 0.3 is 6.03 Å². The SMILES string of the molecule is CCCCC(CCC)NC(=O)NC1CCC(=O)c2ccccc21. The van der Waals surface area contributed by atoms with Crippen LogP contribution >= 0.6 is 0 Å². The van der Waals surface area contributed by atoms with Gasteiger partial charge in [-0.05, 0) is 24.8 Å². The van der Waals surface area contributed by atoms with Crippen molar-refractivity contribution in [2.75, 3.05) is 0 Å². The van der Waals surface area contributed by atoms with Crippen molar-refractivity contribution in [1.29, 1.82) is 0 Å². The van der Waals surface area contributed by atoms with Crippen LogP contribution in [0.5, 0.6) is 0 Å². The summed E-state index contributed by atoms with van der Waals surface area (Å²) in [6.07, 6.45) is 6.54. The zero-order chi connectivity index (χ0) is 16.7. The van der Waals surface area contributed by atoms with Crippen LogP contribution in [0.25, 0.3) is 0 Å². The van der Waals surface area contributed by atoms with Gasteiger partial charge in [-0.2, -0.15) is 0 Å². The Balaban J connectivity index is 1.97. The standard InChI is InChI=1S/C19H28N2O2/c1-3-5-9-14(8-4-2)20-19(23)21-17-12-13-18(22)16-11-7-6-10-15(16)17/h6-7,10-11,14,17H,3-5,8-9,12-13H2,1-2H3,(H2,20,21,23). The molecular weight excluding hydrogens is 288 g/mol. The van der Waals surface area contributed by atoms with Crippen molar-refractivity contribution in [3.8, 4) is 0 Å². The number of unbranched alkanes of at least 4 members (excludes halogenated alkanes) is 1. The van der Waals surface area contributed by atoms with E-state index in [-0.39, 0.29) is 23.9 Å². The minimum absolute atomic E-state index is 0.0719. The number of carbonyl (C=O) groups excluding carboxylic acids is 2. The third kappa shape index (κ3) is 4.81. The van der Waals surface area contributed by atoms with Gasteiger partial charge in [0.15, 0.2) is 5.78 Å². The number of amides is 2. The number of urea groups is 1. The number of ketones is 1. The summed E-state index contributed by atoms with van der Waals surface area (Å²) >= 11 is 0. The van der Waals surface area contributed by atoms with E-state index in [0.717, 1.165) is 43.2 Å². The van der Waals surface area contributed by atoms with E-state index in [0.29, 0.717) is 12.8 Å². The Hall–Kier alpha value is -1.84. The van der Waals surface area contributed by atoms with Crippen LogP contribution in [0.15, 0.2) is 24.3 Å². The monoisotopic (exact) mass is 316 g/mol.